The number of imidazole rings is 1. The van der Waals surface area contributed by atoms with E-state index in [1.165, 1.54) is 6.20 Å². The van der Waals surface area contributed by atoms with Crippen molar-refractivity contribution in [2.45, 2.75) is 0 Å². The Morgan fingerprint density at radius 3 is 3.08 bits per heavy atom. The van der Waals surface area contributed by atoms with Crippen LogP contribution in [-0.2, 0) is 0 Å². The van der Waals surface area contributed by atoms with Crippen molar-refractivity contribution in [2.75, 3.05) is 5.75 Å². The van der Waals surface area contributed by atoms with Crippen LogP contribution in [0, 0.1) is 10.1 Å². The predicted molar refractivity (Wildman–Crippen MR) is 48.1 cm³/mol. The number of nitrogens with one attached hydrogen (secondary N) is 1. The van der Waals surface area contributed by atoms with Crippen molar-refractivity contribution < 1.29 is 4.92 Å². The predicted octanol–water partition coefficient (Wildman–Crippen LogP) is 1.26. The number of H-pyrrole nitrogens is 1. The molecule has 0 spiro atoms. The highest BCUT2D eigenvalue weighted by Crippen LogP contribution is 2.06. The van der Waals surface area contributed by atoms with Gasteiger partial charge in [-0.15, -0.1) is 0 Å². The Labute approximate surface area is 74.1 Å². The fraction of sp³-hybridized carbons (Fsp3) is 0.167. The summed E-state index contributed by atoms with van der Waals surface area (Å²) < 4.78 is 0. The first-order chi connectivity index (χ1) is 5.74. The molecule has 0 aliphatic carbocycles. The summed E-state index contributed by atoms with van der Waals surface area (Å²) in [7, 11) is 0. The van der Waals surface area contributed by atoms with Crippen LogP contribution >= 0.6 is 12.6 Å². The lowest BCUT2D eigenvalue weighted by Gasteiger charge is -1.84. The second-order valence-electron chi connectivity index (χ2n) is 2.00. The van der Waals surface area contributed by atoms with E-state index in [1.807, 2.05) is 0 Å². The summed E-state index contributed by atoms with van der Waals surface area (Å²) in [5.74, 6) is 0.943. The third kappa shape index (κ3) is 2.09. The molecule has 0 aromatic carbocycles. The number of hydrogen-bond acceptors (Lipinski definition) is 4. The molecule has 0 unspecified atom stereocenters. The van der Waals surface area contributed by atoms with Gasteiger partial charge in [0.25, 0.3) is 0 Å². The number of nitro groups is 1. The maximum absolute atomic E-state index is 10.2. The van der Waals surface area contributed by atoms with Crippen LogP contribution in [0.5, 0.6) is 0 Å². The molecule has 0 radical (unpaired) electrons. The fourth-order valence-electron chi connectivity index (χ4n) is 0.668. The van der Waals surface area contributed by atoms with Crippen molar-refractivity contribution in [3.8, 4) is 0 Å². The molecule has 12 heavy (non-hydrogen) atoms. The number of aromatic amines is 1. The minimum atomic E-state index is -0.523. The molecule has 0 aliphatic heterocycles. The Hall–Kier alpha value is -1.30. The summed E-state index contributed by atoms with van der Waals surface area (Å²) in [6, 6.07) is 0. The van der Waals surface area contributed by atoms with E-state index < -0.39 is 4.92 Å². The van der Waals surface area contributed by atoms with Crippen LogP contribution in [0.2, 0.25) is 0 Å². The van der Waals surface area contributed by atoms with Crippen molar-refractivity contribution >= 4 is 24.5 Å². The van der Waals surface area contributed by atoms with Gasteiger partial charge in [-0.3, -0.25) is 0 Å². The summed E-state index contributed by atoms with van der Waals surface area (Å²) >= 11 is 3.94. The number of nitrogens with zero attached hydrogens (tertiary/aromatic N) is 2. The van der Waals surface area contributed by atoms with Crippen molar-refractivity contribution in [1.29, 1.82) is 0 Å². The van der Waals surface area contributed by atoms with Crippen LogP contribution in [0.15, 0.2) is 12.3 Å². The van der Waals surface area contributed by atoms with Gasteiger partial charge in [-0.25, -0.2) is 9.97 Å². The Morgan fingerprint density at radius 1 is 1.83 bits per heavy atom. The Kier molecular flexibility index (Phi) is 2.87. The van der Waals surface area contributed by atoms with E-state index in [0.29, 0.717) is 11.6 Å². The van der Waals surface area contributed by atoms with Crippen molar-refractivity contribution in [2.24, 2.45) is 0 Å². The van der Waals surface area contributed by atoms with E-state index in [2.05, 4.69) is 22.6 Å². The van der Waals surface area contributed by atoms with Crippen molar-refractivity contribution in [1.82, 2.24) is 9.97 Å². The molecule has 0 atom stereocenters. The molecular formula is C6H7N3O2S. The van der Waals surface area contributed by atoms with Crippen LogP contribution in [-0.4, -0.2) is 20.6 Å². The summed E-state index contributed by atoms with van der Waals surface area (Å²) in [6.45, 7) is 0. The first-order valence-electron chi connectivity index (χ1n) is 3.21. The second kappa shape index (κ2) is 3.91. The zero-order chi connectivity index (χ0) is 8.97. The van der Waals surface area contributed by atoms with Crippen LogP contribution in [0.1, 0.15) is 5.82 Å². The first kappa shape index (κ1) is 8.79. The van der Waals surface area contributed by atoms with Crippen LogP contribution in [0.25, 0.3) is 6.08 Å². The van der Waals surface area contributed by atoms with E-state index in [9.17, 15) is 10.1 Å². The maximum atomic E-state index is 10.2. The number of aromatic nitrogens is 2. The normalized spacial score (nSPS) is 10.8. The van der Waals surface area contributed by atoms with Crippen LogP contribution in [0.3, 0.4) is 0 Å². The van der Waals surface area contributed by atoms with Crippen LogP contribution in [0.4, 0.5) is 5.82 Å². The molecule has 1 aromatic rings. The largest absolute Gasteiger partial charge is 0.358 e. The maximum Gasteiger partial charge on any atom is 0.340 e. The van der Waals surface area contributed by atoms with Gasteiger partial charge < -0.3 is 10.1 Å². The van der Waals surface area contributed by atoms with Gasteiger partial charge in [0.1, 0.15) is 6.20 Å². The van der Waals surface area contributed by atoms with E-state index in [-0.39, 0.29) is 5.82 Å². The zero-order valence-electron chi connectivity index (χ0n) is 6.10. The van der Waals surface area contributed by atoms with Gasteiger partial charge in [0.05, 0.1) is 0 Å². The summed E-state index contributed by atoms with van der Waals surface area (Å²) in [5.41, 5.74) is 0. The molecule has 5 nitrogen and oxygen atoms in total. The zero-order valence-corrected chi connectivity index (χ0v) is 6.99. The molecule has 64 valence electrons. The molecule has 1 aromatic heterocycles. The van der Waals surface area contributed by atoms with Crippen molar-refractivity contribution in [3.05, 3.63) is 28.2 Å². The lowest BCUT2D eigenvalue weighted by Crippen LogP contribution is -1.86. The molecule has 1 heterocycles. The molecule has 6 heteroatoms. The number of hydrogen-bond donors (Lipinski definition) is 2. The van der Waals surface area contributed by atoms with Crippen molar-refractivity contribution in [3.63, 3.8) is 0 Å². The fourth-order valence-corrected chi connectivity index (χ4v) is 0.774. The highest BCUT2D eigenvalue weighted by Gasteiger charge is 2.06. The first-order valence-corrected chi connectivity index (χ1v) is 3.84. The summed E-state index contributed by atoms with van der Waals surface area (Å²) in [6.07, 6.45) is 4.56. The molecule has 1 N–H and O–H groups in total. The summed E-state index contributed by atoms with van der Waals surface area (Å²) in [5, 5.41) is 10.2. The number of thiol groups is 1. The quantitative estimate of drug-likeness (QED) is 0.423. The average molecular weight is 185 g/mol. The van der Waals surface area contributed by atoms with E-state index in [1.54, 1.807) is 12.2 Å². The molecule has 0 bridgehead atoms. The van der Waals surface area contributed by atoms with Gasteiger partial charge in [-0.1, -0.05) is 6.08 Å². The summed E-state index contributed by atoms with van der Waals surface area (Å²) in [4.78, 5) is 15.9. The van der Waals surface area contributed by atoms with Gasteiger partial charge in [-0.2, -0.15) is 12.6 Å². The molecule has 0 amide bonds. The number of rotatable bonds is 3. The Bertz CT molecular complexity index is 307. The van der Waals surface area contributed by atoms with Gasteiger partial charge in [0.2, 0.25) is 5.82 Å². The molecule has 0 saturated carbocycles. The molecule has 0 fully saturated rings. The third-order valence-electron chi connectivity index (χ3n) is 1.16. The molecule has 0 saturated heterocycles. The molecule has 0 aliphatic rings. The average Bonchev–Trinajstić information content (AvgIpc) is 2.48. The lowest BCUT2D eigenvalue weighted by molar-refractivity contribution is -0.389. The van der Waals surface area contributed by atoms with E-state index in [0.717, 1.165) is 0 Å². The second-order valence-corrected chi connectivity index (χ2v) is 2.36. The highest BCUT2D eigenvalue weighted by molar-refractivity contribution is 7.80. The smallest absolute Gasteiger partial charge is 0.340 e. The molecule has 1 rings (SSSR count). The van der Waals surface area contributed by atoms with Gasteiger partial charge in [0.15, 0.2) is 0 Å². The van der Waals surface area contributed by atoms with E-state index >= 15 is 0 Å². The lowest BCUT2D eigenvalue weighted by atomic mass is 10.5. The Balaban J connectivity index is 2.77. The minimum absolute atomic E-state index is 0.103. The van der Waals surface area contributed by atoms with Gasteiger partial charge >= 0.3 is 5.82 Å². The topological polar surface area (TPSA) is 71.8 Å². The minimum Gasteiger partial charge on any atom is -0.358 e. The Morgan fingerprint density at radius 2 is 2.58 bits per heavy atom. The monoisotopic (exact) mass is 185 g/mol. The highest BCUT2D eigenvalue weighted by atomic mass is 32.1. The third-order valence-corrected chi connectivity index (χ3v) is 1.37. The standard InChI is InChI=1S/C6H7N3O2S/c10-9(11)6-4-7-5(8-6)2-1-3-12/h1-2,4,12H,3H2,(H,7,8). The van der Waals surface area contributed by atoms with Crippen LogP contribution < -0.4 is 0 Å². The van der Waals surface area contributed by atoms with E-state index in [4.69, 9.17) is 0 Å². The van der Waals surface area contributed by atoms with Gasteiger partial charge in [0, 0.05) is 11.8 Å². The molecular weight excluding hydrogens is 178 g/mol. The van der Waals surface area contributed by atoms with Gasteiger partial charge in [-0.05, 0) is 4.92 Å². The SMILES string of the molecule is O=[N+]([O-])c1cnc(C=CCS)[nH]1.